The molecule has 0 atom stereocenters. The zero-order valence-corrected chi connectivity index (χ0v) is 17.5. The van der Waals surface area contributed by atoms with Crippen LogP contribution in [0.3, 0.4) is 0 Å². The summed E-state index contributed by atoms with van der Waals surface area (Å²) in [6, 6.07) is 22.5. The van der Waals surface area contributed by atoms with Crippen LogP contribution in [0.5, 0.6) is 17.2 Å². The number of benzene rings is 3. The lowest BCUT2D eigenvalue weighted by Crippen LogP contribution is -2.04. The van der Waals surface area contributed by atoms with Crippen LogP contribution in [-0.2, 0) is 22.6 Å². The third kappa shape index (κ3) is 6.57. The number of para-hydroxylation sites is 1. The van der Waals surface area contributed by atoms with E-state index in [4.69, 9.17) is 14.2 Å². The van der Waals surface area contributed by atoms with Gasteiger partial charge in [0.15, 0.2) is 17.3 Å². The molecular weight excluding hydrogens is 392 g/mol. The maximum absolute atomic E-state index is 12.5. The van der Waals surface area contributed by atoms with Crippen molar-refractivity contribution in [3.63, 3.8) is 0 Å². The van der Waals surface area contributed by atoms with E-state index < -0.39 is 5.97 Å². The second-order valence-electron chi connectivity index (χ2n) is 6.86. The highest BCUT2D eigenvalue weighted by molar-refractivity contribution is 5.95. The molecule has 0 aromatic heterocycles. The number of allylic oxidation sites excluding steroid dienone is 1. The molecule has 0 saturated carbocycles. The fourth-order valence-electron chi connectivity index (χ4n) is 2.99. The van der Waals surface area contributed by atoms with Crippen molar-refractivity contribution in [3.05, 3.63) is 95.6 Å². The highest BCUT2D eigenvalue weighted by Crippen LogP contribution is 2.29. The van der Waals surface area contributed by atoms with E-state index in [1.807, 2.05) is 54.6 Å². The minimum atomic E-state index is -0.442. The molecule has 0 N–H and O–H groups in total. The van der Waals surface area contributed by atoms with Crippen LogP contribution in [0.2, 0.25) is 0 Å². The monoisotopic (exact) mass is 416 g/mol. The molecule has 0 amide bonds. The average molecular weight is 416 g/mol. The van der Waals surface area contributed by atoms with Crippen LogP contribution >= 0.6 is 0 Å². The van der Waals surface area contributed by atoms with Crippen molar-refractivity contribution in [3.8, 4) is 17.2 Å². The van der Waals surface area contributed by atoms with Crippen LogP contribution in [0.1, 0.15) is 23.6 Å². The highest BCUT2D eigenvalue weighted by Gasteiger charge is 2.09. The van der Waals surface area contributed by atoms with Gasteiger partial charge in [0.2, 0.25) is 0 Å². The van der Waals surface area contributed by atoms with Crippen LogP contribution in [0.4, 0.5) is 0 Å². The number of rotatable bonds is 9. The molecule has 5 nitrogen and oxygen atoms in total. The zero-order valence-electron chi connectivity index (χ0n) is 17.5. The molecule has 0 saturated heterocycles. The first kappa shape index (κ1) is 21.8. The smallest absolute Gasteiger partial charge is 0.308 e. The standard InChI is InChI=1S/C26H24O5/c1-19(27)31-26-16-20(13-15-25(26)29-2)12-14-23(28)17-22-10-6-7-11-24(22)30-18-21-8-4-3-5-9-21/h3-16H,17-18H2,1-2H3/b14-12+. The number of ether oxygens (including phenoxy) is 3. The van der Waals surface area contributed by atoms with Crippen LogP contribution < -0.4 is 14.2 Å². The molecular formula is C26H24O5. The van der Waals surface area contributed by atoms with Crippen molar-refractivity contribution in [1.29, 1.82) is 0 Å². The molecule has 0 heterocycles. The van der Waals surface area contributed by atoms with Crippen LogP contribution in [0.25, 0.3) is 6.08 Å². The van der Waals surface area contributed by atoms with E-state index in [2.05, 4.69) is 0 Å². The van der Waals surface area contributed by atoms with Crippen LogP contribution in [0.15, 0.2) is 78.9 Å². The molecule has 0 fully saturated rings. The topological polar surface area (TPSA) is 61.8 Å². The molecule has 3 rings (SSSR count). The normalized spacial score (nSPS) is 10.6. The van der Waals surface area contributed by atoms with E-state index in [9.17, 15) is 9.59 Å². The predicted molar refractivity (Wildman–Crippen MR) is 119 cm³/mol. The van der Waals surface area contributed by atoms with E-state index in [1.54, 1.807) is 24.3 Å². The summed E-state index contributed by atoms with van der Waals surface area (Å²) in [5.41, 5.74) is 2.61. The van der Waals surface area contributed by atoms with Crippen LogP contribution in [0, 0.1) is 0 Å². The molecule has 0 aliphatic carbocycles. The molecule has 0 aliphatic heterocycles. The summed E-state index contributed by atoms with van der Waals surface area (Å²) in [5.74, 6) is 0.936. The maximum atomic E-state index is 12.5. The van der Waals surface area contributed by atoms with Gasteiger partial charge < -0.3 is 14.2 Å². The maximum Gasteiger partial charge on any atom is 0.308 e. The summed E-state index contributed by atoms with van der Waals surface area (Å²) in [6.07, 6.45) is 3.41. The predicted octanol–water partition coefficient (Wildman–Crippen LogP) is 5.02. The lowest BCUT2D eigenvalue weighted by Gasteiger charge is -2.10. The largest absolute Gasteiger partial charge is 0.493 e. The SMILES string of the molecule is COc1ccc(/C=C/C(=O)Cc2ccccc2OCc2ccccc2)cc1OC(C)=O. The minimum absolute atomic E-state index is 0.0689. The Labute approximate surface area is 181 Å². The van der Waals surface area contributed by atoms with E-state index >= 15 is 0 Å². The Bertz CT molecular complexity index is 1070. The van der Waals surface area contributed by atoms with Crippen molar-refractivity contribution < 1.29 is 23.8 Å². The fraction of sp³-hybridized carbons (Fsp3) is 0.154. The molecule has 3 aromatic carbocycles. The summed E-state index contributed by atoms with van der Waals surface area (Å²) in [7, 11) is 1.50. The Kier molecular flexibility index (Phi) is 7.60. The molecule has 31 heavy (non-hydrogen) atoms. The number of esters is 1. The Hall–Kier alpha value is -3.86. The second-order valence-corrected chi connectivity index (χ2v) is 6.86. The molecule has 0 radical (unpaired) electrons. The quantitative estimate of drug-likeness (QED) is 0.278. The Morgan fingerprint density at radius 1 is 0.871 bits per heavy atom. The molecule has 3 aromatic rings. The van der Waals surface area contributed by atoms with Crippen molar-refractivity contribution in [2.75, 3.05) is 7.11 Å². The number of carbonyl (C=O) groups excluding carboxylic acids is 2. The first-order valence-electron chi connectivity index (χ1n) is 9.87. The fourth-order valence-corrected chi connectivity index (χ4v) is 2.99. The molecule has 0 aliphatic rings. The zero-order chi connectivity index (χ0) is 22.1. The van der Waals surface area contributed by atoms with Gasteiger partial charge in [0.05, 0.1) is 7.11 Å². The number of methoxy groups -OCH3 is 1. The molecule has 0 unspecified atom stereocenters. The lowest BCUT2D eigenvalue weighted by atomic mass is 10.1. The van der Waals surface area contributed by atoms with E-state index in [0.29, 0.717) is 23.9 Å². The number of carbonyl (C=O) groups is 2. The third-order valence-electron chi connectivity index (χ3n) is 4.48. The summed E-state index contributed by atoms with van der Waals surface area (Å²) < 4.78 is 16.3. The van der Waals surface area contributed by atoms with Gasteiger partial charge in [-0.05, 0) is 35.4 Å². The lowest BCUT2D eigenvalue weighted by molar-refractivity contribution is -0.132. The van der Waals surface area contributed by atoms with Gasteiger partial charge in [0, 0.05) is 18.9 Å². The molecule has 158 valence electrons. The third-order valence-corrected chi connectivity index (χ3v) is 4.48. The van der Waals surface area contributed by atoms with Gasteiger partial charge in [-0.15, -0.1) is 0 Å². The van der Waals surface area contributed by atoms with Crippen molar-refractivity contribution in [1.82, 2.24) is 0 Å². The van der Waals surface area contributed by atoms with Gasteiger partial charge in [0.25, 0.3) is 0 Å². The number of ketones is 1. The summed E-state index contributed by atoms with van der Waals surface area (Å²) in [4.78, 5) is 23.8. The van der Waals surface area contributed by atoms with E-state index in [0.717, 1.165) is 16.7 Å². The Morgan fingerprint density at radius 2 is 1.61 bits per heavy atom. The van der Waals surface area contributed by atoms with E-state index in [-0.39, 0.29) is 12.2 Å². The Balaban J connectivity index is 1.67. The van der Waals surface area contributed by atoms with Gasteiger partial charge in [-0.3, -0.25) is 9.59 Å². The Morgan fingerprint density at radius 3 is 2.35 bits per heavy atom. The first-order valence-corrected chi connectivity index (χ1v) is 9.87. The molecule has 0 bridgehead atoms. The van der Waals surface area contributed by atoms with Gasteiger partial charge in [-0.25, -0.2) is 0 Å². The van der Waals surface area contributed by atoms with Crippen molar-refractivity contribution >= 4 is 17.8 Å². The molecule has 0 spiro atoms. The highest BCUT2D eigenvalue weighted by atomic mass is 16.6. The average Bonchev–Trinajstić information content (AvgIpc) is 2.77. The van der Waals surface area contributed by atoms with Gasteiger partial charge >= 0.3 is 5.97 Å². The van der Waals surface area contributed by atoms with Gasteiger partial charge in [0.1, 0.15) is 12.4 Å². The van der Waals surface area contributed by atoms with E-state index in [1.165, 1.54) is 20.1 Å². The van der Waals surface area contributed by atoms with Crippen LogP contribution in [-0.4, -0.2) is 18.9 Å². The van der Waals surface area contributed by atoms with Crippen molar-refractivity contribution in [2.24, 2.45) is 0 Å². The van der Waals surface area contributed by atoms with Gasteiger partial charge in [-0.2, -0.15) is 0 Å². The second kappa shape index (κ2) is 10.8. The number of hydrogen-bond donors (Lipinski definition) is 0. The molecule has 5 heteroatoms. The summed E-state index contributed by atoms with van der Waals surface area (Å²) in [6.45, 7) is 1.76. The first-order chi connectivity index (χ1) is 15.0. The van der Waals surface area contributed by atoms with Crippen molar-refractivity contribution in [2.45, 2.75) is 20.0 Å². The van der Waals surface area contributed by atoms with Gasteiger partial charge in [-0.1, -0.05) is 60.7 Å². The summed E-state index contributed by atoms with van der Waals surface area (Å²) >= 11 is 0. The minimum Gasteiger partial charge on any atom is -0.493 e. The number of hydrogen-bond acceptors (Lipinski definition) is 5. The summed E-state index contributed by atoms with van der Waals surface area (Å²) in [5, 5.41) is 0.